The third-order valence-corrected chi connectivity index (χ3v) is 4.96. The molecule has 0 unspecified atom stereocenters. The zero-order valence-corrected chi connectivity index (χ0v) is 16.9. The summed E-state index contributed by atoms with van der Waals surface area (Å²) < 4.78 is 0.401. The van der Waals surface area contributed by atoms with Crippen LogP contribution in [0.2, 0.25) is 5.02 Å². The van der Waals surface area contributed by atoms with E-state index in [0.717, 1.165) is 0 Å². The Morgan fingerprint density at radius 2 is 1.57 bits per heavy atom. The summed E-state index contributed by atoms with van der Waals surface area (Å²) in [5.41, 5.74) is 1.53. The molecule has 28 heavy (non-hydrogen) atoms. The van der Waals surface area contributed by atoms with E-state index in [1.807, 2.05) is 0 Å². The number of rotatable bonds is 5. The van der Waals surface area contributed by atoms with Crippen LogP contribution in [0.3, 0.4) is 0 Å². The maximum Gasteiger partial charge on any atom is 0.281 e. The number of aromatic hydroxyl groups is 1. The number of nitrogens with zero attached hydrogens (tertiary/aromatic N) is 1. The van der Waals surface area contributed by atoms with Crippen LogP contribution in [0.25, 0.3) is 0 Å². The summed E-state index contributed by atoms with van der Waals surface area (Å²) in [7, 11) is 0. The Morgan fingerprint density at radius 3 is 2.11 bits per heavy atom. The number of hydrogen-bond acceptors (Lipinski definition) is 4. The molecule has 0 heterocycles. The van der Waals surface area contributed by atoms with Gasteiger partial charge in [-0.2, -0.15) is 5.10 Å². The van der Waals surface area contributed by atoms with E-state index in [-0.39, 0.29) is 5.75 Å². The van der Waals surface area contributed by atoms with E-state index in [4.69, 9.17) is 11.6 Å². The van der Waals surface area contributed by atoms with Gasteiger partial charge in [0.05, 0.1) is 10.7 Å². The normalized spacial score (nSPS) is 11.5. The van der Waals surface area contributed by atoms with Crippen LogP contribution in [0, 0.1) is 0 Å². The second-order valence-electron chi connectivity index (χ2n) is 5.97. The molecule has 3 aromatic carbocycles. The van der Waals surface area contributed by atoms with Crippen molar-refractivity contribution in [2.75, 3.05) is 0 Å². The number of aliphatic hydroxyl groups is 1. The first kappa shape index (κ1) is 20.1. The third-order valence-electron chi connectivity index (χ3n) is 4.14. The van der Waals surface area contributed by atoms with Crippen LogP contribution in [-0.2, 0) is 10.4 Å². The second-order valence-corrected chi connectivity index (χ2v) is 7.26. The highest BCUT2D eigenvalue weighted by Crippen LogP contribution is 2.31. The first-order chi connectivity index (χ1) is 13.4. The summed E-state index contributed by atoms with van der Waals surface area (Å²) in [6.07, 6.45) is 1.25. The highest BCUT2D eigenvalue weighted by atomic mass is 79.9. The first-order valence-corrected chi connectivity index (χ1v) is 9.45. The molecule has 142 valence electrons. The SMILES string of the molecule is O=C(N/N=C/c1cc(Cl)cc(Br)c1O)C(O)(c1ccccc1)c1ccccc1. The van der Waals surface area contributed by atoms with Gasteiger partial charge in [0, 0.05) is 10.6 Å². The molecular formula is C21H16BrClN2O3. The lowest BCUT2D eigenvalue weighted by molar-refractivity contribution is -0.136. The smallest absolute Gasteiger partial charge is 0.281 e. The van der Waals surface area contributed by atoms with Crippen LogP contribution >= 0.6 is 27.5 Å². The summed E-state index contributed by atoms with van der Waals surface area (Å²) in [6, 6.07) is 20.2. The minimum absolute atomic E-state index is 0.0659. The van der Waals surface area contributed by atoms with Crippen molar-refractivity contribution < 1.29 is 15.0 Å². The Hall–Kier alpha value is -2.67. The number of hydrazone groups is 1. The lowest BCUT2D eigenvalue weighted by Crippen LogP contribution is -2.43. The lowest BCUT2D eigenvalue weighted by atomic mass is 9.85. The molecule has 1 amide bonds. The van der Waals surface area contributed by atoms with Crippen LogP contribution in [0.15, 0.2) is 82.4 Å². The molecule has 0 aliphatic carbocycles. The molecule has 0 radical (unpaired) electrons. The van der Waals surface area contributed by atoms with E-state index < -0.39 is 11.5 Å². The monoisotopic (exact) mass is 458 g/mol. The molecule has 5 nitrogen and oxygen atoms in total. The van der Waals surface area contributed by atoms with Gasteiger partial charge in [-0.15, -0.1) is 0 Å². The maximum absolute atomic E-state index is 12.9. The summed E-state index contributed by atoms with van der Waals surface area (Å²) in [6.45, 7) is 0. The summed E-state index contributed by atoms with van der Waals surface area (Å²) in [5, 5.41) is 25.6. The molecule has 0 atom stereocenters. The Morgan fingerprint density at radius 1 is 1.04 bits per heavy atom. The number of phenolic OH excluding ortho intramolecular Hbond substituents is 1. The molecule has 7 heteroatoms. The molecule has 0 fully saturated rings. The molecule has 3 rings (SSSR count). The molecule has 3 N–H and O–H groups in total. The van der Waals surface area contributed by atoms with E-state index in [0.29, 0.717) is 26.2 Å². The minimum Gasteiger partial charge on any atom is -0.506 e. The fourth-order valence-corrected chi connectivity index (χ4v) is 3.55. The van der Waals surface area contributed by atoms with Gasteiger partial charge in [-0.1, -0.05) is 72.3 Å². The van der Waals surface area contributed by atoms with E-state index in [1.54, 1.807) is 60.7 Å². The van der Waals surface area contributed by atoms with Gasteiger partial charge >= 0.3 is 0 Å². The quantitative estimate of drug-likeness (QED) is 0.395. The largest absolute Gasteiger partial charge is 0.506 e. The number of carbonyl (C=O) groups is 1. The van der Waals surface area contributed by atoms with Crippen molar-refractivity contribution in [3.8, 4) is 5.75 Å². The topological polar surface area (TPSA) is 81.9 Å². The van der Waals surface area contributed by atoms with Gasteiger partial charge in [-0.05, 0) is 39.2 Å². The molecular weight excluding hydrogens is 444 g/mol. The van der Waals surface area contributed by atoms with Crippen molar-refractivity contribution in [3.05, 3.63) is 99.0 Å². The molecule has 3 aromatic rings. The van der Waals surface area contributed by atoms with Crippen molar-refractivity contribution >= 4 is 39.7 Å². The zero-order valence-electron chi connectivity index (χ0n) is 14.5. The van der Waals surface area contributed by atoms with Crippen LogP contribution < -0.4 is 5.43 Å². The lowest BCUT2D eigenvalue weighted by Gasteiger charge is -2.27. The highest BCUT2D eigenvalue weighted by molar-refractivity contribution is 9.10. The van der Waals surface area contributed by atoms with Gasteiger partial charge in [-0.25, -0.2) is 5.43 Å². The molecule has 0 saturated heterocycles. The standard InChI is InChI=1S/C21H16BrClN2O3/c22-18-12-17(23)11-14(19(18)26)13-24-25-20(27)21(28,15-7-3-1-4-8-15)16-9-5-2-6-10-16/h1-13,26,28H,(H,25,27)/b24-13+. The third kappa shape index (κ3) is 4.09. The van der Waals surface area contributed by atoms with E-state index in [9.17, 15) is 15.0 Å². The Balaban J connectivity index is 1.91. The summed E-state index contributed by atoms with van der Waals surface area (Å²) in [4.78, 5) is 12.9. The molecule has 0 bridgehead atoms. The number of carbonyl (C=O) groups excluding carboxylic acids is 1. The van der Waals surface area contributed by atoms with Crippen molar-refractivity contribution in [3.63, 3.8) is 0 Å². The molecule has 0 aliphatic rings. The molecule has 0 spiro atoms. The highest BCUT2D eigenvalue weighted by Gasteiger charge is 2.39. The predicted molar refractivity (Wildman–Crippen MR) is 112 cm³/mol. The summed E-state index contributed by atoms with van der Waals surface area (Å²) >= 11 is 9.15. The maximum atomic E-state index is 12.9. The Kier molecular flexibility index (Phi) is 6.14. The van der Waals surface area contributed by atoms with Gasteiger partial charge in [0.2, 0.25) is 0 Å². The molecule has 0 aromatic heterocycles. The number of nitrogens with one attached hydrogen (secondary N) is 1. The Bertz CT molecular complexity index is 971. The number of hydrogen-bond donors (Lipinski definition) is 3. The fourth-order valence-electron chi connectivity index (χ4n) is 2.71. The van der Waals surface area contributed by atoms with Crippen molar-refractivity contribution in [1.29, 1.82) is 0 Å². The van der Waals surface area contributed by atoms with Gasteiger partial charge in [0.25, 0.3) is 5.91 Å². The Labute approximate surface area is 175 Å². The number of benzene rings is 3. The van der Waals surface area contributed by atoms with Crippen molar-refractivity contribution in [2.45, 2.75) is 5.60 Å². The van der Waals surface area contributed by atoms with E-state index in [2.05, 4.69) is 26.5 Å². The van der Waals surface area contributed by atoms with Crippen LogP contribution in [0.5, 0.6) is 5.75 Å². The van der Waals surface area contributed by atoms with Crippen LogP contribution in [0.1, 0.15) is 16.7 Å². The fraction of sp³-hybridized carbons (Fsp3) is 0.0476. The average Bonchev–Trinajstić information content (AvgIpc) is 2.72. The number of phenols is 1. The molecule has 0 aliphatic heterocycles. The minimum atomic E-state index is -1.93. The van der Waals surface area contributed by atoms with Gasteiger partial charge in [0.15, 0.2) is 5.60 Å². The van der Waals surface area contributed by atoms with Crippen molar-refractivity contribution in [1.82, 2.24) is 5.43 Å². The predicted octanol–water partition coefficient (Wildman–Crippen LogP) is 4.19. The second kappa shape index (κ2) is 8.56. The summed E-state index contributed by atoms with van der Waals surface area (Å²) in [5.74, 6) is -0.800. The van der Waals surface area contributed by atoms with Gasteiger partial charge in [0.1, 0.15) is 5.75 Å². The van der Waals surface area contributed by atoms with E-state index >= 15 is 0 Å². The van der Waals surface area contributed by atoms with Gasteiger partial charge in [-0.3, -0.25) is 4.79 Å². The molecule has 0 saturated carbocycles. The van der Waals surface area contributed by atoms with Gasteiger partial charge < -0.3 is 10.2 Å². The van der Waals surface area contributed by atoms with E-state index in [1.165, 1.54) is 18.3 Å². The zero-order chi connectivity index (χ0) is 20.1. The average molecular weight is 460 g/mol. The van der Waals surface area contributed by atoms with Crippen LogP contribution in [0.4, 0.5) is 0 Å². The van der Waals surface area contributed by atoms with Crippen molar-refractivity contribution in [2.24, 2.45) is 5.10 Å². The first-order valence-electron chi connectivity index (χ1n) is 8.28. The number of halogens is 2. The number of amides is 1. The van der Waals surface area contributed by atoms with Crippen LogP contribution in [-0.4, -0.2) is 22.3 Å².